The Balaban J connectivity index is 1.40. The molecule has 7 heteroatoms. The van der Waals surface area contributed by atoms with E-state index in [4.69, 9.17) is 4.42 Å². The number of amides is 2. The average molecular weight is 577 g/mol. The molecule has 6 nitrogen and oxygen atoms in total. The molecule has 5 rings (SSSR count). The van der Waals surface area contributed by atoms with Crippen LogP contribution in [0.1, 0.15) is 41.3 Å². The van der Waals surface area contributed by atoms with Crippen molar-refractivity contribution in [3.8, 4) is 11.1 Å². The molecular formula is C36H33FN2O4. The summed E-state index contributed by atoms with van der Waals surface area (Å²) >= 11 is 0. The minimum absolute atomic E-state index is 0.0229. The second kappa shape index (κ2) is 13.7. The number of benzene rings is 4. The highest BCUT2D eigenvalue weighted by atomic mass is 19.1. The normalized spacial score (nSPS) is 10.9. The number of carbonyl (C=O) groups is 2. The van der Waals surface area contributed by atoms with Crippen LogP contribution in [0, 0.1) is 5.82 Å². The molecule has 0 saturated carbocycles. The molecule has 0 aliphatic rings. The summed E-state index contributed by atoms with van der Waals surface area (Å²) in [6.45, 7) is 2.38. The highest BCUT2D eigenvalue weighted by Gasteiger charge is 2.24. The number of nitrogens with zero attached hydrogens (tertiary/aromatic N) is 2. The van der Waals surface area contributed by atoms with E-state index in [1.54, 1.807) is 53.4 Å². The SMILES string of the molecule is CCCCN(CC(=O)N(Cc1ccc(F)cc1)Cc1coc2ccccc2c1=O)C(=O)c1ccc(-c2ccccc2)cc1. The van der Waals surface area contributed by atoms with E-state index in [0.717, 1.165) is 24.0 Å². The minimum atomic E-state index is -0.383. The molecule has 0 aliphatic heterocycles. The molecule has 0 radical (unpaired) electrons. The van der Waals surface area contributed by atoms with Crippen LogP contribution in [0.15, 0.2) is 119 Å². The van der Waals surface area contributed by atoms with E-state index in [1.165, 1.54) is 23.3 Å². The maximum atomic E-state index is 13.9. The van der Waals surface area contributed by atoms with Crippen LogP contribution >= 0.6 is 0 Å². The van der Waals surface area contributed by atoms with Gasteiger partial charge < -0.3 is 14.2 Å². The Kier molecular flexibility index (Phi) is 9.42. The van der Waals surface area contributed by atoms with Gasteiger partial charge in [-0.1, -0.05) is 80.1 Å². The van der Waals surface area contributed by atoms with Crippen LogP contribution in [-0.4, -0.2) is 34.7 Å². The van der Waals surface area contributed by atoms with Gasteiger partial charge in [0.15, 0.2) is 5.43 Å². The Morgan fingerprint density at radius 3 is 2.16 bits per heavy atom. The number of unbranched alkanes of at least 4 members (excludes halogenated alkanes) is 1. The molecule has 5 aromatic rings. The van der Waals surface area contributed by atoms with Crippen molar-refractivity contribution < 1.29 is 18.4 Å². The van der Waals surface area contributed by atoms with Crippen molar-refractivity contribution in [2.45, 2.75) is 32.9 Å². The first-order valence-corrected chi connectivity index (χ1v) is 14.4. The molecule has 0 bridgehead atoms. The summed E-state index contributed by atoms with van der Waals surface area (Å²) < 4.78 is 19.3. The van der Waals surface area contributed by atoms with Crippen molar-refractivity contribution >= 4 is 22.8 Å². The molecule has 0 unspecified atom stereocenters. The van der Waals surface area contributed by atoms with E-state index >= 15 is 0 Å². The predicted molar refractivity (Wildman–Crippen MR) is 166 cm³/mol. The molecule has 0 fully saturated rings. The average Bonchev–Trinajstić information content (AvgIpc) is 3.05. The van der Waals surface area contributed by atoms with Crippen molar-refractivity contribution in [1.82, 2.24) is 9.80 Å². The van der Waals surface area contributed by atoms with Crippen molar-refractivity contribution in [3.05, 3.63) is 142 Å². The lowest BCUT2D eigenvalue weighted by molar-refractivity contribution is -0.133. The van der Waals surface area contributed by atoms with Gasteiger partial charge in [0.1, 0.15) is 17.9 Å². The molecule has 4 aromatic carbocycles. The van der Waals surface area contributed by atoms with Crippen LogP contribution in [0.5, 0.6) is 0 Å². The molecule has 0 spiro atoms. The van der Waals surface area contributed by atoms with E-state index < -0.39 is 0 Å². The molecule has 218 valence electrons. The maximum Gasteiger partial charge on any atom is 0.254 e. The van der Waals surface area contributed by atoms with Crippen LogP contribution in [0.2, 0.25) is 0 Å². The number of fused-ring (bicyclic) bond motifs is 1. The fourth-order valence-corrected chi connectivity index (χ4v) is 4.96. The lowest BCUT2D eigenvalue weighted by Crippen LogP contribution is -2.43. The maximum absolute atomic E-state index is 13.9. The minimum Gasteiger partial charge on any atom is -0.464 e. The molecular weight excluding hydrogens is 543 g/mol. The third-order valence-corrected chi connectivity index (χ3v) is 7.39. The van der Waals surface area contributed by atoms with Crippen LogP contribution in [0.25, 0.3) is 22.1 Å². The van der Waals surface area contributed by atoms with Gasteiger partial charge in [-0.2, -0.15) is 0 Å². The van der Waals surface area contributed by atoms with Gasteiger partial charge in [0.05, 0.1) is 23.8 Å². The zero-order valence-corrected chi connectivity index (χ0v) is 24.0. The first kappa shape index (κ1) is 29.5. The lowest BCUT2D eigenvalue weighted by Gasteiger charge is -2.28. The molecule has 1 heterocycles. The number of halogens is 1. The Bertz CT molecular complexity index is 1750. The van der Waals surface area contributed by atoms with Gasteiger partial charge in [0.25, 0.3) is 5.91 Å². The van der Waals surface area contributed by atoms with Crippen molar-refractivity contribution in [1.29, 1.82) is 0 Å². The Hall–Kier alpha value is -5.04. The highest BCUT2D eigenvalue weighted by molar-refractivity contribution is 5.97. The van der Waals surface area contributed by atoms with Gasteiger partial charge in [0.2, 0.25) is 5.91 Å². The van der Waals surface area contributed by atoms with Crippen LogP contribution in [0.3, 0.4) is 0 Å². The van der Waals surface area contributed by atoms with E-state index in [0.29, 0.717) is 34.2 Å². The second-order valence-corrected chi connectivity index (χ2v) is 10.5. The Labute approximate surface area is 250 Å². The fraction of sp³-hybridized carbons (Fsp3) is 0.194. The molecule has 2 amide bonds. The van der Waals surface area contributed by atoms with Crippen LogP contribution < -0.4 is 5.43 Å². The van der Waals surface area contributed by atoms with Gasteiger partial charge in [-0.3, -0.25) is 14.4 Å². The number of carbonyl (C=O) groups excluding carboxylic acids is 2. The summed E-state index contributed by atoms with van der Waals surface area (Å²) in [6.07, 6.45) is 2.96. The topological polar surface area (TPSA) is 70.8 Å². The Morgan fingerprint density at radius 1 is 0.767 bits per heavy atom. The van der Waals surface area contributed by atoms with Gasteiger partial charge in [-0.15, -0.1) is 0 Å². The van der Waals surface area contributed by atoms with Crippen LogP contribution in [-0.2, 0) is 17.9 Å². The van der Waals surface area contributed by atoms with E-state index in [9.17, 15) is 18.8 Å². The monoisotopic (exact) mass is 576 g/mol. The van der Waals surface area contributed by atoms with Crippen molar-refractivity contribution in [2.24, 2.45) is 0 Å². The third-order valence-electron chi connectivity index (χ3n) is 7.39. The second-order valence-electron chi connectivity index (χ2n) is 10.5. The molecule has 0 aliphatic carbocycles. The summed E-state index contributed by atoms with van der Waals surface area (Å²) in [7, 11) is 0. The van der Waals surface area contributed by atoms with E-state index in [2.05, 4.69) is 0 Å². The van der Waals surface area contributed by atoms with Crippen LogP contribution in [0.4, 0.5) is 4.39 Å². The largest absolute Gasteiger partial charge is 0.464 e. The highest BCUT2D eigenvalue weighted by Crippen LogP contribution is 2.21. The summed E-state index contributed by atoms with van der Waals surface area (Å²) in [5.41, 5.74) is 3.78. The summed E-state index contributed by atoms with van der Waals surface area (Å²) in [6, 6.07) is 30.1. The smallest absolute Gasteiger partial charge is 0.254 e. The predicted octanol–water partition coefficient (Wildman–Crippen LogP) is 7.07. The van der Waals surface area contributed by atoms with Gasteiger partial charge in [-0.25, -0.2) is 4.39 Å². The van der Waals surface area contributed by atoms with Gasteiger partial charge in [0, 0.05) is 18.7 Å². The van der Waals surface area contributed by atoms with Crippen molar-refractivity contribution in [3.63, 3.8) is 0 Å². The van der Waals surface area contributed by atoms with Gasteiger partial charge >= 0.3 is 0 Å². The van der Waals surface area contributed by atoms with E-state index in [-0.39, 0.29) is 42.7 Å². The molecule has 0 N–H and O–H groups in total. The lowest BCUT2D eigenvalue weighted by atomic mass is 10.0. The molecule has 0 saturated heterocycles. The number of para-hydroxylation sites is 1. The quantitative estimate of drug-likeness (QED) is 0.169. The molecule has 0 atom stereocenters. The fourth-order valence-electron chi connectivity index (χ4n) is 4.96. The summed E-state index contributed by atoms with van der Waals surface area (Å²) in [5, 5.41) is 0.424. The number of hydrogen-bond acceptors (Lipinski definition) is 4. The Morgan fingerprint density at radius 2 is 1.44 bits per heavy atom. The van der Waals surface area contributed by atoms with Gasteiger partial charge in [-0.05, 0) is 59.5 Å². The number of hydrogen-bond donors (Lipinski definition) is 0. The summed E-state index contributed by atoms with van der Waals surface area (Å²) in [5.74, 6) is -0.956. The first-order chi connectivity index (χ1) is 20.9. The standard InChI is InChI=1S/C36H33FN2O4/c1-2-3-21-38(36(42)29-17-15-28(16-18-29)27-9-5-4-6-10-27)24-34(40)39(22-26-13-19-31(37)20-14-26)23-30-25-43-33-12-8-7-11-32(33)35(30)41/h4-20,25H,2-3,21-24H2,1H3. The molecule has 43 heavy (non-hydrogen) atoms. The third kappa shape index (κ3) is 7.25. The van der Waals surface area contributed by atoms with E-state index in [1.807, 2.05) is 49.4 Å². The van der Waals surface area contributed by atoms with Crippen molar-refractivity contribution in [2.75, 3.05) is 13.1 Å². The zero-order chi connectivity index (χ0) is 30.2. The number of rotatable bonds is 11. The first-order valence-electron chi connectivity index (χ1n) is 14.4. The zero-order valence-electron chi connectivity index (χ0n) is 24.0. The molecule has 1 aromatic heterocycles. The summed E-state index contributed by atoms with van der Waals surface area (Å²) in [4.78, 5) is 43.9.